The Kier molecular flexibility index (Phi) is 4.89. The number of carbonyl (C=O) groups is 3. The minimum Gasteiger partial charge on any atom is -0.442 e. The maximum Gasteiger partial charge on any atom is 0.414 e. The number of cyclic esters (lactones) is 1. The third-order valence-corrected chi connectivity index (χ3v) is 5.84. The van der Waals surface area contributed by atoms with Crippen LogP contribution in [-0.2, 0) is 14.3 Å². The number of hydrogen-bond acceptors (Lipinski definition) is 5. The lowest BCUT2D eigenvalue weighted by atomic mass is 10.0. The monoisotopic (exact) mass is 409 g/mol. The van der Waals surface area contributed by atoms with Crippen molar-refractivity contribution < 1.29 is 33.0 Å². The molecule has 10 heteroatoms. The van der Waals surface area contributed by atoms with Gasteiger partial charge in [0.05, 0.1) is 18.8 Å². The Labute approximate surface area is 165 Å². The molecule has 8 nitrogen and oxygen atoms in total. The topological polar surface area (TPSA) is 99.2 Å². The van der Waals surface area contributed by atoms with Crippen molar-refractivity contribution in [3.05, 3.63) is 29.3 Å². The first-order valence-corrected chi connectivity index (χ1v) is 9.40. The lowest BCUT2D eigenvalue weighted by Crippen LogP contribution is -2.33. The van der Waals surface area contributed by atoms with Crippen molar-refractivity contribution in [2.75, 3.05) is 37.7 Å². The predicted molar refractivity (Wildman–Crippen MR) is 96.0 cm³/mol. The second-order valence-electron chi connectivity index (χ2n) is 7.69. The fourth-order valence-electron chi connectivity index (χ4n) is 4.40. The van der Waals surface area contributed by atoms with Gasteiger partial charge in [-0.25, -0.2) is 13.6 Å². The zero-order valence-electron chi connectivity index (χ0n) is 15.7. The van der Waals surface area contributed by atoms with E-state index in [1.54, 1.807) is 0 Å². The van der Waals surface area contributed by atoms with Crippen LogP contribution in [0.15, 0.2) is 12.1 Å². The van der Waals surface area contributed by atoms with Crippen LogP contribution in [0.4, 0.5) is 19.3 Å². The number of piperidine rings is 1. The summed E-state index contributed by atoms with van der Waals surface area (Å²) >= 11 is 0. The van der Waals surface area contributed by atoms with Crippen LogP contribution in [0.1, 0.15) is 18.4 Å². The predicted octanol–water partition coefficient (Wildman–Crippen LogP) is 0.590. The van der Waals surface area contributed by atoms with E-state index < -0.39 is 30.4 Å². The van der Waals surface area contributed by atoms with Crippen molar-refractivity contribution in [1.29, 1.82) is 0 Å². The van der Waals surface area contributed by atoms with Crippen LogP contribution in [0, 0.1) is 23.5 Å². The molecule has 1 aromatic carbocycles. The van der Waals surface area contributed by atoms with Crippen molar-refractivity contribution >= 4 is 23.6 Å². The van der Waals surface area contributed by atoms with Crippen LogP contribution in [0.25, 0.3) is 0 Å². The SMILES string of the molecule is CC(=O)NC[C@H]1CN(c2cc(F)c(C3[C@H]4CN(C(=O)CO)C[C@@H]34)c(F)c2)C(=O)O1. The van der Waals surface area contributed by atoms with Crippen molar-refractivity contribution in [2.24, 2.45) is 11.8 Å². The minimum atomic E-state index is -0.738. The third-order valence-electron chi connectivity index (χ3n) is 5.84. The second-order valence-corrected chi connectivity index (χ2v) is 7.69. The summed E-state index contributed by atoms with van der Waals surface area (Å²) in [5.41, 5.74) is 0.0316. The highest BCUT2D eigenvalue weighted by molar-refractivity contribution is 5.90. The molecule has 2 saturated heterocycles. The van der Waals surface area contributed by atoms with E-state index in [2.05, 4.69) is 5.32 Å². The summed E-state index contributed by atoms with van der Waals surface area (Å²) in [4.78, 5) is 37.2. The van der Waals surface area contributed by atoms with Crippen LogP contribution in [0.5, 0.6) is 0 Å². The molecule has 0 aromatic heterocycles. The number of ether oxygens (including phenoxy) is 1. The van der Waals surface area contributed by atoms with Crippen LogP contribution in [0.3, 0.4) is 0 Å². The molecule has 1 saturated carbocycles. The molecule has 0 bridgehead atoms. The smallest absolute Gasteiger partial charge is 0.414 e. The largest absolute Gasteiger partial charge is 0.442 e. The Balaban J connectivity index is 1.46. The molecule has 3 amide bonds. The molecule has 1 aromatic rings. The van der Waals surface area contributed by atoms with E-state index in [9.17, 15) is 23.2 Å². The van der Waals surface area contributed by atoms with Gasteiger partial charge in [-0.1, -0.05) is 0 Å². The summed E-state index contributed by atoms with van der Waals surface area (Å²) in [6.07, 6.45) is -1.33. The van der Waals surface area contributed by atoms with E-state index in [0.29, 0.717) is 13.1 Å². The number of likely N-dealkylation sites (tertiary alicyclic amines) is 1. The summed E-state index contributed by atoms with van der Waals surface area (Å²) in [5, 5.41) is 11.5. The van der Waals surface area contributed by atoms with Crippen molar-refractivity contribution in [2.45, 2.75) is 18.9 Å². The fourth-order valence-corrected chi connectivity index (χ4v) is 4.40. The first-order chi connectivity index (χ1) is 13.8. The van der Waals surface area contributed by atoms with Gasteiger partial charge in [0.15, 0.2) is 0 Å². The van der Waals surface area contributed by atoms with Gasteiger partial charge >= 0.3 is 6.09 Å². The number of carbonyl (C=O) groups excluding carboxylic acids is 3. The molecule has 4 rings (SSSR count). The molecule has 1 aliphatic carbocycles. The van der Waals surface area contributed by atoms with Gasteiger partial charge in [-0.2, -0.15) is 0 Å². The number of nitrogens with one attached hydrogen (secondary N) is 1. The van der Waals surface area contributed by atoms with E-state index in [4.69, 9.17) is 9.84 Å². The Morgan fingerprint density at radius 1 is 1.21 bits per heavy atom. The van der Waals surface area contributed by atoms with Gasteiger partial charge in [0.25, 0.3) is 0 Å². The third kappa shape index (κ3) is 3.52. The zero-order valence-corrected chi connectivity index (χ0v) is 15.7. The van der Waals surface area contributed by atoms with E-state index in [-0.39, 0.29) is 53.9 Å². The van der Waals surface area contributed by atoms with E-state index in [1.807, 2.05) is 0 Å². The number of aliphatic hydroxyl groups excluding tert-OH is 1. The van der Waals surface area contributed by atoms with Gasteiger partial charge in [-0.3, -0.25) is 14.5 Å². The average Bonchev–Trinajstić information content (AvgIpc) is 3.01. The molecule has 2 aliphatic heterocycles. The van der Waals surface area contributed by atoms with Crippen LogP contribution in [0.2, 0.25) is 0 Å². The standard InChI is InChI=1S/C19H21F2N3O5/c1-9(26)22-4-11-5-24(19(28)29-11)10-2-14(20)18(15(21)3-10)17-12-6-23(7-13(12)17)16(27)8-25/h2-3,11-13,17,25H,4-8H2,1H3,(H,22,26)/t11-,12-,13+,17?/m0/s1. The number of halogens is 2. The number of benzene rings is 1. The number of fused-ring (bicyclic) bond motifs is 1. The summed E-state index contributed by atoms with van der Waals surface area (Å²) in [6, 6.07) is 2.23. The minimum absolute atomic E-state index is 0.0257. The molecule has 0 radical (unpaired) electrons. The number of nitrogens with zero attached hydrogens (tertiary/aromatic N) is 2. The van der Waals surface area contributed by atoms with E-state index in [0.717, 1.165) is 17.0 Å². The van der Waals surface area contributed by atoms with Gasteiger partial charge in [-0.15, -0.1) is 0 Å². The van der Waals surface area contributed by atoms with Gasteiger partial charge < -0.3 is 20.1 Å². The Morgan fingerprint density at radius 3 is 2.38 bits per heavy atom. The van der Waals surface area contributed by atoms with Crippen molar-refractivity contribution in [1.82, 2.24) is 10.2 Å². The summed E-state index contributed by atoms with van der Waals surface area (Å²) in [7, 11) is 0. The fraction of sp³-hybridized carbons (Fsp3) is 0.526. The van der Waals surface area contributed by atoms with Crippen LogP contribution >= 0.6 is 0 Å². The maximum atomic E-state index is 14.8. The molecule has 2 N–H and O–H groups in total. The molecule has 3 fully saturated rings. The molecular weight excluding hydrogens is 388 g/mol. The molecule has 4 atom stereocenters. The van der Waals surface area contributed by atoms with Gasteiger partial charge in [0.2, 0.25) is 11.8 Å². The van der Waals surface area contributed by atoms with Crippen molar-refractivity contribution in [3.8, 4) is 0 Å². The highest BCUT2D eigenvalue weighted by Crippen LogP contribution is 2.59. The second kappa shape index (κ2) is 7.25. The number of amides is 3. The highest BCUT2D eigenvalue weighted by Gasteiger charge is 2.58. The Bertz CT molecular complexity index is 844. The van der Waals surface area contributed by atoms with Gasteiger partial charge in [0, 0.05) is 25.6 Å². The quantitative estimate of drug-likeness (QED) is 0.742. The Morgan fingerprint density at radius 2 is 1.83 bits per heavy atom. The summed E-state index contributed by atoms with van der Waals surface area (Å²) in [6.45, 7) is 1.71. The first-order valence-electron chi connectivity index (χ1n) is 9.40. The molecule has 0 spiro atoms. The molecule has 1 unspecified atom stereocenters. The van der Waals surface area contributed by atoms with Crippen LogP contribution < -0.4 is 10.2 Å². The Hall–Kier alpha value is -2.75. The first kappa shape index (κ1) is 19.6. The molecule has 2 heterocycles. The average molecular weight is 409 g/mol. The van der Waals surface area contributed by atoms with Crippen molar-refractivity contribution in [3.63, 3.8) is 0 Å². The number of hydrogen-bond donors (Lipinski definition) is 2. The summed E-state index contributed by atoms with van der Waals surface area (Å²) in [5.74, 6) is -2.50. The molecule has 156 valence electrons. The number of anilines is 1. The molecule has 29 heavy (non-hydrogen) atoms. The highest BCUT2D eigenvalue weighted by atomic mass is 19.1. The molecular formula is C19H21F2N3O5. The van der Waals surface area contributed by atoms with E-state index >= 15 is 0 Å². The summed E-state index contributed by atoms with van der Waals surface area (Å²) < 4.78 is 34.7. The zero-order chi connectivity index (χ0) is 20.9. The number of rotatable bonds is 5. The maximum absolute atomic E-state index is 14.8. The lowest BCUT2D eigenvalue weighted by molar-refractivity contribution is -0.133. The van der Waals surface area contributed by atoms with Gasteiger partial charge in [-0.05, 0) is 29.9 Å². The normalized spacial score (nSPS) is 27.7. The van der Waals surface area contributed by atoms with Crippen LogP contribution in [-0.4, -0.2) is 66.8 Å². The number of aliphatic hydroxyl groups is 1. The lowest BCUT2D eigenvalue weighted by Gasteiger charge is -2.20. The van der Waals surface area contributed by atoms with Gasteiger partial charge in [0.1, 0.15) is 24.3 Å². The molecule has 3 aliphatic rings. The van der Waals surface area contributed by atoms with E-state index in [1.165, 1.54) is 11.8 Å².